The second kappa shape index (κ2) is 5.98. The molecule has 22 heavy (non-hydrogen) atoms. The van der Waals surface area contributed by atoms with Crippen molar-refractivity contribution in [2.45, 2.75) is 51.0 Å². The van der Waals surface area contributed by atoms with Gasteiger partial charge in [-0.3, -0.25) is 14.2 Å². The Kier molecular flexibility index (Phi) is 4.04. The second-order valence-electron chi connectivity index (χ2n) is 5.42. The molecule has 1 aliphatic heterocycles. The first-order valence-electron chi connectivity index (χ1n) is 7.38. The van der Waals surface area contributed by atoms with Crippen LogP contribution in [0.15, 0.2) is 17.4 Å². The standard InChI is InChI=1S/C14H18N4O4/c1-2-3-8(19)12(20)9-4-5-10(22-9)18-7-17-11-13(18)15-6-16-14(11)21/h6-7,9-10,12,20H,2-5H2,1H3,(H,15,16,21)/t9-,10+,12?/m0/s1. The molecule has 3 heterocycles. The van der Waals surface area contributed by atoms with Gasteiger partial charge in [-0.05, 0) is 19.3 Å². The highest BCUT2D eigenvalue weighted by Gasteiger charge is 2.35. The summed E-state index contributed by atoms with van der Waals surface area (Å²) in [6, 6.07) is 0. The number of fused-ring (bicyclic) bond motifs is 1. The molecule has 2 N–H and O–H groups in total. The van der Waals surface area contributed by atoms with Crippen LogP contribution >= 0.6 is 0 Å². The third kappa shape index (κ3) is 2.55. The summed E-state index contributed by atoms with van der Waals surface area (Å²) in [6.07, 6.45) is 3.05. The van der Waals surface area contributed by atoms with Gasteiger partial charge in [-0.15, -0.1) is 0 Å². The van der Waals surface area contributed by atoms with Gasteiger partial charge in [0.25, 0.3) is 5.56 Å². The van der Waals surface area contributed by atoms with Crippen molar-refractivity contribution >= 4 is 16.9 Å². The van der Waals surface area contributed by atoms with E-state index in [4.69, 9.17) is 4.74 Å². The summed E-state index contributed by atoms with van der Waals surface area (Å²) >= 11 is 0. The number of hydrogen-bond acceptors (Lipinski definition) is 6. The molecule has 2 aromatic heterocycles. The first-order valence-corrected chi connectivity index (χ1v) is 7.38. The van der Waals surface area contributed by atoms with Gasteiger partial charge in [0.15, 0.2) is 16.9 Å². The fourth-order valence-corrected chi connectivity index (χ4v) is 2.76. The molecule has 0 radical (unpaired) electrons. The molecule has 1 fully saturated rings. The Morgan fingerprint density at radius 2 is 2.36 bits per heavy atom. The number of aromatic amines is 1. The van der Waals surface area contributed by atoms with E-state index in [-0.39, 0.29) is 23.1 Å². The summed E-state index contributed by atoms with van der Waals surface area (Å²) in [5.41, 5.74) is 0.373. The lowest BCUT2D eigenvalue weighted by atomic mass is 10.0. The zero-order valence-electron chi connectivity index (χ0n) is 12.2. The van der Waals surface area contributed by atoms with Crippen LogP contribution in [-0.4, -0.2) is 42.6 Å². The maximum Gasteiger partial charge on any atom is 0.278 e. The largest absolute Gasteiger partial charge is 0.383 e. The van der Waals surface area contributed by atoms with Gasteiger partial charge in [-0.1, -0.05) is 6.92 Å². The third-order valence-electron chi connectivity index (χ3n) is 3.88. The summed E-state index contributed by atoms with van der Waals surface area (Å²) in [7, 11) is 0. The lowest BCUT2D eigenvalue weighted by molar-refractivity contribution is -0.136. The van der Waals surface area contributed by atoms with Gasteiger partial charge >= 0.3 is 0 Å². The number of imidazole rings is 1. The summed E-state index contributed by atoms with van der Waals surface area (Å²) in [5, 5.41) is 10.1. The lowest BCUT2D eigenvalue weighted by Crippen LogP contribution is -2.33. The number of hydrogen-bond donors (Lipinski definition) is 2. The third-order valence-corrected chi connectivity index (χ3v) is 3.88. The minimum absolute atomic E-state index is 0.196. The Morgan fingerprint density at radius 1 is 1.55 bits per heavy atom. The van der Waals surface area contributed by atoms with Crippen molar-refractivity contribution in [1.82, 2.24) is 19.5 Å². The van der Waals surface area contributed by atoms with Crippen molar-refractivity contribution in [3.63, 3.8) is 0 Å². The number of aliphatic hydroxyl groups is 1. The number of H-pyrrole nitrogens is 1. The molecular weight excluding hydrogens is 288 g/mol. The smallest absolute Gasteiger partial charge is 0.278 e. The zero-order valence-corrected chi connectivity index (χ0v) is 12.2. The van der Waals surface area contributed by atoms with Crippen LogP contribution in [0.4, 0.5) is 0 Å². The summed E-state index contributed by atoms with van der Waals surface area (Å²) in [6.45, 7) is 1.89. The fraction of sp³-hybridized carbons (Fsp3) is 0.571. The average molecular weight is 306 g/mol. The molecule has 118 valence electrons. The number of ketones is 1. The molecule has 3 atom stereocenters. The first kappa shape index (κ1) is 14.9. The van der Waals surface area contributed by atoms with Crippen LogP contribution < -0.4 is 5.56 Å². The van der Waals surface area contributed by atoms with E-state index >= 15 is 0 Å². The number of aromatic nitrogens is 4. The molecule has 1 saturated heterocycles. The molecule has 0 aliphatic carbocycles. The van der Waals surface area contributed by atoms with Crippen molar-refractivity contribution in [3.05, 3.63) is 23.0 Å². The highest BCUT2D eigenvalue weighted by Crippen LogP contribution is 2.31. The average Bonchev–Trinajstić information content (AvgIpc) is 3.13. The Labute approximate surface area is 126 Å². The Hall–Kier alpha value is -2.06. The number of nitrogens with one attached hydrogen (secondary N) is 1. The van der Waals surface area contributed by atoms with E-state index < -0.39 is 12.2 Å². The highest BCUT2D eigenvalue weighted by atomic mass is 16.5. The molecule has 2 aromatic rings. The van der Waals surface area contributed by atoms with Gasteiger partial charge in [0.1, 0.15) is 12.3 Å². The van der Waals surface area contributed by atoms with Crippen LogP contribution in [0.3, 0.4) is 0 Å². The second-order valence-corrected chi connectivity index (χ2v) is 5.42. The quantitative estimate of drug-likeness (QED) is 0.833. The van der Waals surface area contributed by atoms with Crippen LogP contribution in [0.1, 0.15) is 38.8 Å². The number of ether oxygens (including phenoxy) is 1. The van der Waals surface area contributed by atoms with Gasteiger partial charge in [-0.2, -0.15) is 0 Å². The molecule has 1 aliphatic rings. The van der Waals surface area contributed by atoms with Gasteiger partial charge in [0, 0.05) is 6.42 Å². The fourth-order valence-electron chi connectivity index (χ4n) is 2.76. The van der Waals surface area contributed by atoms with Crippen LogP contribution in [0, 0.1) is 0 Å². The number of carbonyl (C=O) groups excluding carboxylic acids is 1. The van der Waals surface area contributed by atoms with Crippen molar-refractivity contribution in [2.75, 3.05) is 0 Å². The predicted octanol–water partition coefficient (Wildman–Crippen LogP) is 0.527. The monoisotopic (exact) mass is 306 g/mol. The normalized spacial score (nSPS) is 23.0. The first-order chi connectivity index (χ1) is 10.6. The van der Waals surface area contributed by atoms with Gasteiger partial charge in [-0.25, -0.2) is 9.97 Å². The van der Waals surface area contributed by atoms with E-state index in [0.717, 1.165) is 0 Å². The van der Waals surface area contributed by atoms with Gasteiger partial charge < -0.3 is 14.8 Å². The Morgan fingerprint density at radius 3 is 3.14 bits per heavy atom. The molecule has 0 saturated carbocycles. The van der Waals surface area contributed by atoms with E-state index in [1.54, 1.807) is 4.57 Å². The number of carbonyl (C=O) groups is 1. The summed E-state index contributed by atoms with van der Waals surface area (Å²) < 4.78 is 7.45. The molecule has 0 amide bonds. The minimum Gasteiger partial charge on any atom is -0.383 e. The van der Waals surface area contributed by atoms with Crippen LogP contribution in [0.5, 0.6) is 0 Å². The number of Topliss-reactive ketones (excluding diaryl/α,β-unsaturated/α-hetero) is 1. The predicted molar refractivity (Wildman–Crippen MR) is 77.2 cm³/mol. The highest BCUT2D eigenvalue weighted by molar-refractivity contribution is 5.83. The zero-order chi connectivity index (χ0) is 15.7. The van der Waals surface area contributed by atoms with Crippen molar-refractivity contribution in [2.24, 2.45) is 0 Å². The van der Waals surface area contributed by atoms with E-state index in [9.17, 15) is 14.7 Å². The topological polar surface area (TPSA) is 110 Å². The van der Waals surface area contributed by atoms with Crippen molar-refractivity contribution in [1.29, 1.82) is 0 Å². The molecule has 8 nitrogen and oxygen atoms in total. The Bertz CT molecular complexity index is 738. The lowest BCUT2D eigenvalue weighted by Gasteiger charge is -2.18. The minimum atomic E-state index is -1.10. The SMILES string of the molecule is CCCC(=O)C(O)[C@@H]1CC[C@H](n2cnc3c(=O)[nH]cnc32)O1. The van der Waals surface area contributed by atoms with Gasteiger partial charge in [0.2, 0.25) is 0 Å². The Balaban J connectivity index is 1.78. The summed E-state index contributed by atoms with van der Waals surface area (Å²) in [5.74, 6) is -0.196. The van der Waals surface area contributed by atoms with E-state index in [0.29, 0.717) is 31.3 Å². The van der Waals surface area contributed by atoms with E-state index in [2.05, 4.69) is 15.0 Å². The number of aliphatic hydroxyl groups excluding tert-OH is 1. The van der Waals surface area contributed by atoms with Crippen LogP contribution in [0.25, 0.3) is 11.2 Å². The molecule has 0 aromatic carbocycles. The molecular formula is C14H18N4O4. The summed E-state index contributed by atoms with van der Waals surface area (Å²) in [4.78, 5) is 34.0. The van der Waals surface area contributed by atoms with Crippen LogP contribution in [0.2, 0.25) is 0 Å². The maximum atomic E-state index is 11.8. The maximum absolute atomic E-state index is 11.8. The van der Waals surface area contributed by atoms with Crippen molar-refractivity contribution < 1.29 is 14.6 Å². The molecule has 3 rings (SSSR count). The molecule has 0 spiro atoms. The number of rotatable bonds is 5. The molecule has 0 bridgehead atoms. The van der Waals surface area contributed by atoms with Crippen molar-refractivity contribution in [3.8, 4) is 0 Å². The number of nitrogens with zero attached hydrogens (tertiary/aromatic N) is 3. The molecule has 1 unspecified atom stereocenters. The van der Waals surface area contributed by atoms with Crippen LogP contribution in [-0.2, 0) is 9.53 Å². The molecule has 8 heteroatoms. The van der Waals surface area contributed by atoms with E-state index in [1.165, 1.54) is 12.7 Å². The van der Waals surface area contributed by atoms with E-state index in [1.807, 2.05) is 6.92 Å². The van der Waals surface area contributed by atoms with Gasteiger partial charge in [0.05, 0.1) is 18.8 Å².